The minimum Gasteiger partial charge on any atom is -0.430 e. The quantitative estimate of drug-likeness (QED) is 0.320. The highest BCUT2D eigenvalue weighted by atomic mass is 32.2. The van der Waals surface area contributed by atoms with E-state index >= 15 is 0 Å². The van der Waals surface area contributed by atoms with Crippen molar-refractivity contribution >= 4 is 29.1 Å². The second-order valence-electron chi connectivity index (χ2n) is 9.84. The lowest BCUT2D eigenvalue weighted by Gasteiger charge is -2.31. The maximum Gasteiger partial charge on any atom is 0.313 e. The summed E-state index contributed by atoms with van der Waals surface area (Å²) in [7, 11) is 0. The molecule has 3 nitrogen and oxygen atoms in total. The lowest BCUT2D eigenvalue weighted by atomic mass is 9.77. The van der Waals surface area contributed by atoms with Crippen LogP contribution in [-0.2, 0) is 14.3 Å². The zero-order valence-corrected chi connectivity index (χ0v) is 21.8. The second-order valence-corrected chi connectivity index (χ2v) is 10.9. The number of esters is 1. The Kier molecular flexibility index (Phi) is 8.23. The van der Waals surface area contributed by atoms with E-state index in [1.54, 1.807) is 0 Å². The van der Waals surface area contributed by atoms with Gasteiger partial charge < -0.3 is 4.74 Å². The van der Waals surface area contributed by atoms with E-state index in [2.05, 4.69) is 57.2 Å². The van der Waals surface area contributed by atoms with E-state index in [9.17, 15) is 9.59 Å². The fourth-order valence-corrected chi connectivity index (χ4v) is 5.55. The summed E-state index contributed by atoms with van der Waals surface area (Å²) in [4.78, 5) is 27.3. The summed E-state index contributed by atoms with van der Waals surface area (Å²) < 4.78 is 5.90. The van der Waals surface area contributed by atoms with E-state index in [1.807, 2.05) is 39.5 Å². The highest BCUT2D eigenvalue weighted by Crippen LogP contribution is 2.40. The minimum atomic E-state index is -0.278. The van der Waals surface area contributed by atoms with Crippen LogP contribution >= 0.6 is 11.8 Å². The summed E-state index contributed by atoms with van der Waals surface area (Å²) in [5.74, 6) is 1.50. The molecule has 1 aliphatic rings. The number of carbonyl (C=O) groups excluding carboxylic acids is 2. The van der Waals surface area contributed by atoms with Gasteiger partial charge in [0.15, 0.2) is 5.78 Å². The Labute approximate surface area is 203 Å². The van der Waals surface area contributed by atoms with Gasteiger partial charge in [-0.05, 0) is 68.4 Å². The summed E-state index contributed by atoms with van der Waals surface area (Å²) >= 11 is 1.82. The summed E-state index contributed by atoms with van der Waals surface area (Å²) in [6, 6.07) is 12.7. The molecule has 0 bridgehead atoms. The second kappa shape index (κ2) is 10.7. The van der Waals surface area contributed by atoms with E-state index in [4.69, 9.17) is 4.74 Å². The van der Waals surface area contributed by atoms with Gasteiger partial charge in [-0.15, -0.1) is 11.8 Å². The Bertz CT molecular complexity index is 1040. The van der Waals surface area contributed by atoms with E-state index in [0.29, 0.717) is 30.1 Å². The lowest BCUT2D eigenvalue weighted by molar-refractivity contribution is -0.143. The number of rotatable bonds is 7. The van der Waals surface area contributed by atoms with Gasteiger partial charge >= 0.3 is 5.97 Å². The molecule has 0 saturated carbocycles. The van der Waals surface area contributed by atoms with Crippen LogP contribution in [0, 0.1) is 45.4 Å². The number of hydrogen-bond donors (Lipinski definition) is 0. The van der Waals surface area contributed by atoms with Crippen molar-refractivity contribution in [3.8, 4) is 0 Å². The summed E-state index contributed by atoms with van der Waals surface area (Å²) in [5, 5.41) is 0. The summed E-state index contributed by atoms with van der Waals surface area (Å²) in [5.41, 5.74) is 6.05. The normalized spacial score (nSPS) is 17.5. The van der Waals surface area contributed by atoms with E-state index in [-0.39, 0.29) is 23.6 Å². The first-order chi connectivity index (χ1) is 15.6. The molecular formula is C29H36O3S. The molecule has 2 aromatic carbocycles. The van der Waals surface area contributed by atoms with E-state index in [1.165, 1.54) is 10.5 Å². The average molecular weight is 465 g/mol. The van der Waals surface area contributed by atoms with Gasteiger partial charge in [-0.25, -0.2) is 0 Å². The van der Waals surface area contributed by atoms with Crippen molar-refractivity contribution in [1.29, 1.82) is 0 Å². The Hall–Kier alpha value is -2.33. The van der Waals surface area contributed by atoms with Crippen LogP contribution in [0.3, 0.4) is 0 Å². The first-order valence-corrected chi connectivity index (χ1v) is 12.8. The number of carbonyl (C=O) groups is 2. The van der Waals surface area contributed by atoms with Gasteiger partial charge in [-0.2, -0.15) is 0 Å². The van der Waals surface area contributed by atoms with Gasteiger partial charge in [0.2, 0.25) is 0 Å². The fourth-order valence-electron chi connectivity index (χ4n) is 4.49. The van der Waals surface area contributed by atoms with Crippen molar-refractivity contribution in [2.24, 2.45) is 17.8 Å². The first-order valence-electron chi connectivity index (χ1n) is 11.8. The van der Waals surface area contributed by atoms with Crippen molar-refractivity contribution in [1.82, 2.24) is 0 Å². The average Bonchev–Trinajstić information content (AvgIpc) is 2.73. The molecule has 0 saturated heterocycles. The Morgan fingerprint density at radius 1 is 0.970 bits per heavy atom. The van der Waals surface area contributed by atoms with E-state index in [0.717, 1.165) is 28.0 Å². The SMILES string of the molecule is Cc1ccc(SCC(C)C2CC(=O)C(c3c(C)cc(C)cc3C)=C(OC(=O)C(C)C)C2)cc1. The third-order valence-electron chi connectivity index (χ3n) is 6.41. The molecule has 0 fully saturated rings. The topological polar surface area (TPSA) is 43.4 Å². The molecule has 33 heavy (non-hydrogen) atoms. The maximum atomic E-state index is 13.5. The Balaban J connectivity index is 1.90. The maximum absolute atomic E-state index is 13.5. The fraction of sp³-hybridized carbons (Fsp3) is 0.448. The first kappa shape index (κ1) is 25.3. The molecule has 0 radical (unpaired) electrons. The molecule has 0 aromatic heterocycles. The largest absolute Gasteiger partial charge is 0.430 e. The third kappa shape index (κ3) is 6.17. The molecule has 3 rings (SSSR count). The number of ketones is 1. The molecule has 4 heteroatoms. The molecule has 1 aliphatic carbocycles. The highest BCUT2D eigenvalue weighted by molar-refractivity contribution is 7.99. The van der Waals surface area contributed by atoms with Crippen LogP contribution < -0.4 is 0 Å². The van der Waals surface area contributed by atoms with Crippen molar-refractivity contribution in [2.45, 2.75) is 66.2 Å². The smallest absolute Gasteiger partial charge is 0.313 e. The van der Waals surface area contributed by atoms with Gasteiger partial charge in [0.05, 0.1) is 11.5 Å². The standard InChI is InChI=1S/C29H36O3S/c1-17(2)29(31)32-26-15-23(22(7)16-33-24-10-8-18(3)9-11-24)14-25(30)28(26)27-20(5)12-19(4)13-21(27)6/h8-13,17,22-23H,14-16H2,1-7H3. The monoisotopic (exact) mass is 464 g/mol. The van der Waals surface area contributed by atoms with Crippen LogP contribution in [0.15, 0.2) is 47.1 Å². The molecular weight excluding hydrogens is 428 g/mol. The molecule has 2 aromatic rings. The number of thioether (sulfide) groups is 1. The Morgan fingerprint density at radius 2 is 1.58 bits per heavy atom. The van der Waals surface area contributed by atoms with Crippen LogP contribution in [0.4, 0.5) is 0 Å². The lowest BCUT2D eigenvalue weighted by Crippen LogP contribution is -2.27. The number of allylic oxidation sites excluding steroid dienone is 2. The van der Waals surface area contributed by atoms with Crippen molar-refractivity contribution in [2.75, 3.05) is 5.75 Å². The van der Waals surface area contributed by atoms with Crippen LogP contribution in [0.25, 0.3) is 5.57 Å². The van der Waals surface area contributed by atoms with Gasteiger partial charge in [0, 0.05) is 23.5 Å². The molecule has 0 N–H and O–H groups in total. The third-order valence-corrected chi connectivity index (χ3v) is 7.71. The summed E-state index contributed by atoms with van der Waals surface area (Å²) in [6.45, 7) is 14.1. The molecule has 0 amide bonds. The van der Waals surface area contributed by atoms with Gasteiger partial charge in [0.25, 0.3) is 0 Å². The van der Waals surface area contributed by atoms with E-state index < -0.39 is 0 Å². The van der Waals surface area contributed by atoms with Gasteiger partial charge in [-0.3, -0.25) is 9.59 Å². The molecule has 0 spiro atoms. The zero-order valence-electron chi connectivity index (χ0n) is 21.0. The number of ether oxygens (including phenoxy) is 1. The Morgan fingerprint density at radius 3 is 2.15 bits per heavy atom. The number of aryl methyl sites for hydroxylation is 4. The minimum absolute atomic E-state index is 0.0834. The molecule has 2 atom stereocenters. The van der Waals surface area contributed by atoms with Crippen LogP contribution in [0.5, 0.6) is 0 Å². The van der Waals surface area contributed by atoms with Gasteiger partial charge in [-0.1, -0.05) is 56.2 Å². The van der Waals surface area contributed by atoms with Crippen LogP contribution in [-0.4, -0.2) is 17.5 Å². The zero-order chi connectivity index (χ0) is 24.3. The number of Topliss-reactive ketones (excluding diaryl/α,β-unsaturated/α-hetero) is 1. The molecule has 2 unspecified atom stereocenters. The van der Waals surface area contributed by atoms with Crippen molar-refractivity contribution in [3.63, 3.8) is 0 Å². The summed E-state index contributed by atoms with van der Waals surface area (Å²) in [6.07, 6.45) is 1.10. The number of hydrogen-bond acceptors (Lipinski definition) is 4. The number of benzene rings is 2. The van der Waals surface area contributed by atoms with Crippen molar-refractivity contribution in [3.05, 3.63) is 70.0 Å². The molecule has 0 aliphatic heterocycles. The molecule has 0 heterocycles. The van der Waals surface area contributed by atoms with Crippen LogP contribution in [0.1, 0.15) is 61.4 Å². The molecule has 176 valence electrons. The predicted octanol–water partition coefficient (Wildman–Crippen LogP) is 7.24. The highest BCUT2D eigenvalue weighted by Gasteiger charge is 2.35. The van der Waals surface area contributed by atoms with Crippen molar-refractivity contribution < 1.29 is 14.3 Å². The predicted molar refractivity (Wildman–Crippen MR) is 137 cm³/mol. The van der Waals surface area contributed by atoms with Crippen LogP contribution in [0.2, 0.25) is 0 Å². The van der Waals surface area contributed by atoms with Gasteiger partial charge in [0.1, 0.15) is 5.76 Å².